The summed E-state index contributed by atoms with van der Waals surface area (Å²) in [5, 5.41) is 3.06. The van der Waals surface area contributed by atoms with Gasteiger partial charge >= 0.3 is 0 Å². The molecule has 0 fully saturated rings. The van der Waals surface area contributed by atoms with Gasteiger partial charge in [0, 0.05) is 19.0 Å². The lowest BCUT2D eigenvalue weighted by Gasteiger charge is -2.31. The molecule has 0 aliphatic carbocycles. The number of benzene rings is 2. The SMILES string of the molecule is CCC(C)NC(=O)C(CC)N(Cc1ccc(OC)cc1)C(=O)CCc1ccc(C(C)(C)C)cc1. The highest BCUT2D eigenvalue weighted by atomic mass is 16.5. The fourth-order valence-corrected chi connectivity index (χ4v) is 3.85. The molecule has 2 aromatic carbocycles. The third kappa shape index (κ3) is 7.89. The van der Waals surface area contributed by atoms with Crippen molar-refractivity contribution in [3.63, 3.8) is 0 Å². The molecule has 0 saturated heterocycles. The van der Waals surface area contributed by atoms with Gasteiger partial charge in [0.15, 0.2) is 0 Å². The number of nitrogens with zero attached hydrogens (tertiary/aromatic N) is 1. The summed E-state index contributed by atoms with van der Waals surface area (Å²) in [6.45, 7) is 12.9. The molecule has 0 saturated carbocycles. The zero-order chi connectivity index (χ0) is 25.3. The Bertz CT molecular complexity index is 914. The van der Waals surface area contributed by atoms with Crippen LogP contribution < -0.4 is 10.1 Å². The summed E-state index contributed by atoms with van der Waals surface area (Å²) in [5.74, 6) is 0.664. The first kappa shape index (κ1) is 27.4. The standard InChI is InChI=1S/C29H42N2O3/c1-8-21(3)30-28(33)26(9-2)31(20-23-12-17-25(34-7)18-13-23)27(32)19-14-22-10-15-24(16-11-22)29(4,5)6/h10-13,15-18,21,26H,8-9,14,19-20H2,1-7H3,(H,30,33). The highest BCUT2D eigenvalue weighted by Crippen LogP contribution is 2.23. The third-order valence-corrected chi connectivity index (χ3v) is 6.35. The van der Waals surface area contributed by atoms with Crippen LogP contribution in [0.25, 0.3) is 0 Å². The Labute approximate surface area is 205 Å². The predicted molar refractivity (Wildman–Crippen MR) is 139 cm³/mol. The molecule has 2 rings (SSSR count). The second-order valence-corrected chi connectivity index (χ2v) is 10.1. The van der Waals surface area contributed by atoms with Crippen molar-refractivity contribution in [1.82, 2.24) is 10.2 Å². The molecular weight excluding hydrogens is 424 g/mol. The third-order valence-electron chi connectivity index (χ3n) is 6.35. The van der Waals surface area contributed by atoms with Gasteiger partial charge in [0.25, 0.3) is 0 Å². The van der Waals surface area contributed by atoms with Crippen LogP contribution in [-0.2, 0) is 28.0 Å². The van der Waals surface area contributed by atoms with Gasteiger partial charge in [0.2, 0.25) is 11.8 Å². The molecule has 34 heavy (non-hydrogen) atoms. The van der Waals surface area contributed by atoms with Crippen LogP contribution in [0.15, 0.2) is 48.5 Å². The van der Waals surface area contributed by atoms with Crippen LogP contribution in [0.2, 0.25) is 0 Å². The van der Waals surface area contributed by atoms with Crippen molar-refractivity contribution in [2.24, 2.45) is 0 Å². The highest BCUT2D eigenvalue weighted by Gasteiger charge is 2.29. The minimum Gasteiger partial charge on any atom is -0.497 e. The average molecular weight is 467 g/mol. The molecule has 0 spiro atoms. The number of amides is 2. The van der Waals surface area contributed by atoms with Crippen molar-refractivity contribution in [3.05, 3.63) is 65.2 Å². The van der Waals surface area contributed by atoms with Crippen LogP contribution in [0.5, 0.6) is 5.75 Å². The first-order valence-electron chi connectivity index (χ1n) is 12.4. The van der Waals surface area contributed by atoms with Crippen molar-refractivity contribution in [3.8, 4) is 5.75 Å². The molecule has 0 aliphatic rings. The van der Waals surface area contributed by atoms with Crippen molar-refractivity contribution in [2.45, 2.75) is 91.3 Å². The second kappa shape index (κ2) is 12.6. The number of nitrogens with one attached hydrogen (secondary N) is 1. The largest absolute Gasteiger partial charge is 0.497 e. The summed E-state index contributed by atoms with van der Waals surface area (Å²) < 4.78 is 5.26. The fourth-order valence-electron chi connectivity index (χ4n) is 3.85. The number of hydrogen-bond donors (Lipinski definition) is 1. The first-order chi connectivity index (χ1) is 16.1. The molecule has 2 atom stereocenters. The van der Waals surface area contributed by atoms with Crippen LogP contribution in [0.1, 0.15) is 77.5 Å². The van der Waals surface area contributed by atoms with E-state index in [0.29, 0.717) is 25.8 Å². The quantitative estimate of drug-likeness (QED) is 0.466. The number of methoxy groups -OCH3 is 1. The minimum atomic E-state index is -0.508. The number of rotatable bonds is 11. The zero-order valence-electron chi connectivity index (χ0n) is 22.0. The molecule has 186 valence electrons. The summed E-state index contributed by atoms with van der Waals surface area (Å²) in [4.78, 5) is 28.3. The van der Waals surface area contributed by atoms with E-state index in [0.717, 1.165) is 23.3 Å². The molecule has 2 amide bonds. The van der Waals surface area contributed by atoms with Crippen LogP contribution in [0.3, 0.4) is 0 Å². The van der Waals surface area contributed by atoms with E-state index in [1.54, 1.807) is 12.0 Å². The topological polar surface area (TPSA) is 58.6 Å². The number of carbonyl (C=O) groups is 2. The van der Waals surface area contributed by atoms with Crippen LogP contribution in [0, 0.1) is 0 Å². The van der Waals surface area contributed by atoms with Gasteiger partial charge in [-0.25, -0.2) is 0 Å². The van der Waals surface area contributed by atoms with Crippen molar-refractivity contribution in [1.29, 1.82) is 0 Å². The zero-order valence-corrected chi connectivity index (χ0v) is 22.0. The van der Waals surface area contributed by atoms with E-state index in [2.05, 4.69) is 50.4 Å². The van der Waals surface area contributed by atoms with E-state index in [-0.39, 0.29) is 23.3 Å². The Balaban J connectivity index is 2.20. The van der Waals surface area contributed by atoms with E-state index in [4.69, 9.17) is 4.74 Å². The maximum Gasteiger partial charge on any atom is 0.243 e. The fraction of sp³-hybridized carbons (Fsp3) is 0.517. The molecule has 2 aromatic rings. The van der Waals surface area contributed by atoms with Gasteiger partial charge in [0.1, 0.15) is 11.8 Å². The second-order valence-electron chi connectivity index (χ2n) is 10.1. The van der Waals surface area contributed by atoms with Gasteiger partial charge in [-0.3, -0.25) is 9.59 Å². The summed E-state index contributed by atoms with van der Waals surface area (Å²) in [5.41, 5.74) is 3.47. The minimum absolute atomic E-state index is 0.0122. The van der Waals surface area contributed by atoms with Gasteiger partial charge in [-0.2, -0.15) is 0 Å². The summed E-state index contributed by atoms with van der Waals surface area (Å²) >= 11 is 0. The Morgan fingerprint density at radius 2 is 1.53 bits per heavy atom. The van der Waals surface area contributed by atoms with E-state index in [1.807, 2.05) is 45.0 Å². The summed E-state index contributed by atoms with van der Waals surface area (Å²) in [6, 6.07) is 15.7. The lowest BCUT2D eigenvalue weighted by molar-refractivity contribution is -0.141. The van der Waals surface area contributed by atoms with Crippen LogP contribution in [0.4, 0.5) is 0 Å². The van der Waals surface area contributed by atoms with Crippen LogP contribution in [-0.4, -0.2) is 35.9 Å². The summed E-state index contributed by atoms with van der Waals surface area (Å²) in [6.07, 6.45) is 2.41. The lowest BCUT2D eigenvalue weighted by Crippen LogP contribution is -2.50. The number of carbonyl (C=O) groups excluding carboxylic acids is 2. The van der Waals surface area contributed by atoms with Gasteiger partial charge in [-0.15, -0.1) is 0 Å². The molecule has 2 unspecified atom stereocenters. The van der Waals surface area contributed by atoms with E-state index < -0.39 is 6.04 Å². The van der Waals surface area contributed by atoms with Gasteiger partial charge in [-0.1, -0.05) is 71.0 Å². The monoisotopic (exact) mass is 466 g/mol. The lowest BCUT2D eigenvalue weighted by atomic mass is 9.86. The molecule has 5 nitrogen and oxygen atoms in total. The van der Waals surface area contributed by atoms with Gasteiger partial charge < -0.3 is 15.0 Å². The Hall–Kier alpha value is -2.82. The predicted octanol–water partition coefficient (Wildman–Crippen LogP) is 5.65. The number of ether oxygens (including phenoxy) is 1. The Morgan fingerprint density at radius 1 is 0.941 bits per heavy atom. The van der Waals surface area contributed by atoms with Crippen molar-refractivity contribution < 1.29 is 14.3 Å². The number of aryl methyl sites for hydroxylation is 1. The van der Waals surface area contributed by atoms with Crippen molar-refractivity contribution >= 4 is 11.8 Å². The van der Waals surface area contributed by atoms with E-state index >= 15 is 0 Å². The molecule has 1 N–H and O–H groups in total. The smallest absolute Gasteiger partial charge is 0.243 e. The normalized spacial score (nSPS) is 13.1. The molecule has 0 bridgehead atoms. The van der Waals surface area contributed by atoms with E-state index in [9.17, 15) is 9.59 Å². The van der Waals surface area contributed by atoms with Gasteiger partial charge in [-0.05, 0) is 60.4 Å². The van der Waals surface area contributed by atoms with Crippen LogP contribution >= 0.6 is 0 Å². The molecule has 0 radical (unpaired) electrons. The van der Waals surface area contributed by atoms with Crippen molar-refractivity contribution in [2.75, 3.05) is 7.11 Å². The Kier molecular flexibility index (Phi) is 10.2. The maximum absolute atomic E-state index is 13.5. The first-order valence-corrected chi connectivity index (χ1v) is 12.4. The van der Waals surface area contributed by atoms with E-state index in [1.165, 1.54) is 5.56 Å². The Morgan fingerprint density at radius 3 is 2.03 bits per heavy atom. The molecular formula is C29H42N2O3. The highest BCUT2D eigenvalue weighted by molar-refractivity contribution is 5.88. The molecule has 0 aliphatic heterocycles. The molecule has 5 heteroatoms. The number of hydrogen-bond acceptors (Lipinski definition) is 3. The summed E-state index contributed by atoms with van der Waals surface area (Å²) in [7, 11) is 1.63. The average Bonchev–Trinajstić information content (AvgIpc) is 2.82. The molecule has 0 heterocycles. The van der Waals surface area contributed by atoms with Gasteiger partial charge in [0.05, 0.1) is 7.11 Å². The maximum atomic E-state index is 13.5. The molecule has 0 aromatic heterocycles.